The summed E-state index contributed by atoms with van der Waals surface area (Å²) in [4.78, 5) is 9.00. The number of carboxylic acids is 1. The molecular weight excluding hydrogens is 161 g/mol. The molecule has 0 fully saturated rings. The first-order valence-corrected chi connectivity index (χ1v) is 3.23. The van der Waals surface area contributed by atoms with E-state index in [-0.39, 0.29) is 11.5 Å². The Morgan fingerprint density at radius 1 is 1.50 bits per heavy atom. The van der Waals surface area contributed by atoms with Crippen molar-refractivity contribution in [3.63, 3.8) is 0 Å². The van der Waals surface area contributed by atoms with Gasteiger partial charge < -0.3 is 10.8 Å². The lowest BCUT2D eigenvalue weighted by Gasteiger charge is -1.89. The van der Waals surface area contributed by atoms with Crippen LogP contribution in [-0.4, -0.2) is 11.1 Å². The van der Waals surface area contributed by atoms with Crippen LogP contribution in [0.3, 0.4) is 0 Å². The summed E-state index contributed by atoms with van der Waals surface area (Å²) in [6.45, 7) is 1.08. The number of aliphatic carboxylic acids is 1. The molecule has 0 aromatic heterocycles. The second kappa shape index (κ2) is 5.12. The monoisotopic (exact) mass is 171 g/mol. The number of para-hydroxylation sites is 1. The zero-order valence-corrected chi connectivity index (χ0v) is 6.62. The van der Waals surface area contributed by atoms with Gasteiger partial charge in [0, 0.05) is 6.92 Å². The maximum Gasteiger partial charge on any atom is 0.300 e. The van der Waals surface area contributed by atoms with Crippen LogP contribution in [0.25, 0.3) is 0 Å². The number of rotatable bonds is 0. The zero-order valence-electron chi connectivity index (χ0n) is 6.62. The lowest BCUT2D eigenvalue weighted by molar-refractivity contribution is -0.134. The molecule has 1 rings (SSSR count). The van der Waals surface area contributed by atoms with Crippen LogP contribution in [0.15, 0.2) is 24.3 Å². The molecule has 0 saturated heterocycles. The second-order valence-corrected chi connectivity index (χ2v) is 2.04. The van der Waals surface area contributed by atoms with Gasteiger partial charge in [-0.15, -0.1) is 0 Å². The molecular formula is C8H10FNO2. The van der Waals surface area contributed by atoms with Gasteiger partial charge in [-0.25, -0.2) is 4.39 Å². The molecule has 0 unspecified atom stereocenters. The molecule has 1 aromatic rings. The quantitative estimate of drug-likeness (QED) is 0.581. The number of anilines is 1. The first-order chi connectivity index (χ1) is 5.54. The molecule has 0 spiro atoms. The highest BCUT2D eigenvalue weighted by atomic mass is 19.1. The molecule has 0 bridgehead atoms. The lowest BCUT2D eigenvalue weighted by atomic mass is 10.3. The largest absolute Gasteiger partial charge is 0.481 e. The van der Waals surface area contributed by atoms with E-state index in [2.05, 4.69) is 0 Å². The van der Waals surface area contributed by atoms with Crippen molar-refractivity contribution in [3.8, 4) is 0 Å². The van der Waals surface area contributed by atoms with Gasteiger partial charge in [0.05, 0.1) is 5.69 Å². The number of hydrogen-bond acceptors (Lipinski definition) is 2. The van der Waals surface area contributed by atoms with E-state index < -0.39 is 5.97 Å². The van der Waals surface area contributed by atoms with Gasteiger partial charge >= 0.3 is 0 Å². The Morgan fingerprint density at radius 3 is 2.17 bits per heavy atom. The molecule has 3 N–H and O–H groups in total. The number of benzene rings is 1. The number of nitrogen functional groups attached to an aromatic ring is 1. The van der Waals surface area contributed by atoms with E-state index in [4.69, 9.17) is 15.6 Å². The average molecular weight is 171 g/mol. The minimum absolute atomic E-state index is 0.201. The minimum atomic E-state index is -0.833. The van der Waals surface area contributed by atoms with Gasteiger partial charge in [0.15, 0.2) is 0 Å². The normalized spacial score (nSPS) is 8.17. The third kappa shape index (κ3) is 5.22. The van der Waals surface area contributed by atoms with Crippen molar-refractivity contribution in [3.05, 3.63) is 30.1 Å². The van der Waals surface area contributed by atoms with Gasteiger partial charge in [-0.1, -0.05) is 12.1 Å². The Labute approximate surface area is 69.6 Å². The summed E-state index contributed by atoms with van der Waals surface area (Å²) in [6, 6.07) is 6.15. The maximum absolute atomic E-state index is 12.2. The van der Waals surface area contributed by atoms with Gasteiger partial charge in [-0.05, 0) is 12.1 Å². The van der Waals surface area contributed by atoms with E-state index in [0.29, 0.717) is 0 Å². The predicted octanol–water partition coefficient (Wildman–Crippen LogP) is 1.50. The number of carbonyl (C=O) groups is 1. The Balaban J connectivity index is 0.000000261. The second-order valence-electron chi connectivity index (χ2n) is 2.04. The number of hydrogen-bond donors (Lipinski definition) is 2. The third-order valence-corrected chi connectivity index (χ3v) is 0.905. The smallest absolute Gasteiger partial charge is 0.300 e. The van der Waals surface area contributed by atoms with Crippen molar-refractivity contribution >= 4 is 11.7 Å². The van der Waals surface area contributed by atoms with Crippen LogP contribution in [0, 0.1) is 5.82 Å². The highest BCUT2D eigenvalue weighted by Gasteiger charge is 1.89. The number of halogens is 1. The standard InChI is InChI=1S/C6H6FN.C2H4O2/c7-5-3-1-2-4-6(5)8;1-2(3)4/h1-4H,8H2;1H3,(H,3,4). The summed E-state index contributed by atoms with van der Waals surface area (Å²) in [7, 11) is 0. The fourth-order valence-corrected chi connectivity index (χ4v) is 0.475. The minimum Gasteiger partial charge on any atom is -0.481 e. The average Bonchev–Trinajstić information content (AvgIpc) is 1.94. The van der Waals surface area contributed by atoms with Crippen LogP contribution in [0.4, 0.5) is 10.1 Å². The first kappa shape index (κ1) is 10.4. The molecule has 0 radical (unpaired) electrons. The molecule has 3 nitrogen and oxygen atoms in total. The summed E-state index contributed by atoms with van der Waals surface area (Å²) in [5, 5.41) is 7.42. The Kier molecular flexibility index (Phi) is 4.45. The van der Waals surface area contributed by atoms with E-state index in [1.54, 1.807) is 12.1 Å². The Bertz CT molecular complexity index is 238. The molecule has 66 valence electrons. The fraction of sp³-hybridized carbons (Fsp3) is 0.125. The number of carboxylic acid groups (broad SMARTS) is 1. The van der Waals surface area contributed by atoms with E-state index >= 15 is 0 Å². The Hall–Kier alpha value is -1.58. The van der Waals surface area contributed by atoms with Gasteiger partial charge in [0.1, 0.15) is 5.82 Å². The molecule has 4 heteroatoms. The van der Waals surface area contributed by atoms with Crippen molar-refractivity contribution in [2.24, 2.45) is 0 Å². The molecule has 0 atom stereocenters. The lowest BCUT2D eigenvalue weighted by Crippen LogP contribution is -1.86. The number of nitrogens with two attached hydrogens (primary N) is 1. The summed E-state index contributed by atoms with van der Waals surface area (Å²) >= 11 is 0. The van der Waals surface area contributed by atoms with Crippen molar-refractivity contribution in [1.29, 1.82) is 0 Å². The van der Waals surface area contributed by atoms with Crippen LogP contribution >= 0.6 is 0 Å². The highest BCUT2D eigenvalue weighted by molar-refractivity contribution is 5.62. The van der Waals surface area contributed by atoms with Gasteiger partial charge in [0.2, 0.25) is 0 Å². The van der Waals surface area contributed by atoms with E-state index in [0.717, 1.165) is 6.92 Å². The van der Waals surface area contributed by atoms with Gasteiger partial charge in [-0.3, -0.25) is 4.79 Å². The van der Waals surface area contributed by atoms with E-state index in [1.165, 1.54) is 12.1 Å². The predicted molar refractivity (Wildman–Crippen MR) is 44.1 cm³/mol. The SMILES string of the molecule is CC(=O)O.Nc1ccccc1F. The van der Waals surface area contributed by atoms with E-state index in [9.17, 15) is 4.39 Å². The fourth-order valence-electron chi connectivity index (χ4n) is 0.475. The summed E-state index contributed by atoms with van der Waals surface area (Å²) in [5.74, 6) is -1.19. The molecule has 0 aliphatic heterocycles. The molecule has 0 aliphatic carbocycles. The van der Waals surface area contributed by atoms with Crippen molar-refractivity contribution in [2.75, 3.05) is 5.73 Å². The summed E-state index contributed by atoms with van der Waals surface area (Å²) in [5.41, 5.74) is 5.35. The molecule has 0 saturated carbocycles. The van der Waals surface area contributed by atoms with Gasteiger partial charge in [-0.2, -0.15) is 0 Å². The van der Waals surface area contributed by atoms with Crippen LogP contribution in [0.1, 0.15) is 6.92 Å². The molecule has 0 aliphatic rings. The van der Waals surface area contributed by atoms with Crippen LogP contribution in [-0.2, 0) is 4.79 Å². The highest BCUT2D eigenvalue weighted by Crippen LogP contribution is 2.05. The van der Waals surface area contributed by atoms with Crippen LogP contribution < -0.4 is 5.73 Å². The topological polar surface area (TPSA) is 63.3 Å². The third-order valence-electron chi connectivity index (χ3n) is 0.905. The summed E-state index contributed by atoms with van der Waals surface area (Å²) in [6.07, 6.45) is 0. The van der Waals surface area contributed by atoms with Crippen molar-refractivity contribution in [2.45, 2.75) is 6.92 Å². The molecule has 0 amide bonds. The van der Waals surface area contributed by atoms with E-state index in [1.807, 2.05) is 0 Å². The van der Waals surface area contributed by atoms with Crippen LogP contribution in [0.2, 0.25) is 0 Å². The molecule has 12 heavy (non-hydrogen) atoms. The van der Waals surface area contributed by atoms with Gasteiger partial charge in [0.25, 0.3) is 5.97 Å². The Morgan fingerprint density at radius 2 is 1.92 bits per heavy atom. The first-order valence-electron chi connectivity index (χ1n) is 3.23. The maximum atomic E-state index is 12.2. The van der Waals surface area contributed by atoms with Crippen molar-refractivity contribution in [1.82, 2.24) is 0 Å². The van der Waals surface area contributed by atoms with Crippen molar-refractivity contribution < 1.29 is 14.3 Å². The molecule has 1 aromatic carbocycles. The van der Waals surface area contributed by atoms with Crippen LogP contribution in [0.5, 0.6) is 0 Å². The zero-order chi connectivity index (χ0) is 9.56. The molecule has 0 heterocycles. The summed E-state index contributed by atoms with van der Waals surface area (Å²) < 4.78 is 12.2.